The second-order valence-electron chi connectivity index (χ2n) is 5.80. The number of nitrogens with zero attached hydrogens (tertiary/aromatic N) is 2. The maximum Gasteiger partial charge on any atom is 0.227 e. The molecule has 1 fully saturated rings. The monoisotopic (exact) mass is 302 g/mol. The molecule has 0 aromatic heterocycles. The largest absolute Gasteiger partial charge is 0.342 e. The van der Waals surface area contributed by atoms with Crippen molar-refractivity contribution in [2.75, 3.05) is 19.3 Å². The molecule has 0 atom stereocenters. The first-order valence-electron chi connectivity index (χ1n) is 7.30. The zero-order valence-electron chi connectivity index (χ0n) is 13.0. The fourth-order valence-electron chi connectivity index (χ4n) is 2.74. The minimum atomic E-state index is -0.296. The molecule has 1 amide bonds. The van der Waals surface area contributed by atoms with Crippen LogP contribution in [0.1, 0.15) is 29.5 Å². The van der Waals surface area contributed by atoms with Crippen molar-refractivity contribution in [3.05, 3.63) is 34.9 Å². The van der Waals surface area contributed by atoms with Gasteiger partial charge in [-0.05, 0) is 44.1 Å². The van der Waals surface area contributed by atoms with Crippen LogP contribution in [0.3, 0.4) is 0 Å². The molecule has 0 aliphatic carbocycles. The number of piperidine rings is 1. The van der Waals surface area contributed by atoms with Gasteiger partial charge in [0.1, 0.15) is 4.75 Å². The Kier molecular flexibility index (Phi) is 4.95. The lowest BCUT2D eigenvalue weighted by Gasteiger charge is -2.36. The summed E-state index contributed by atoms with van der Waals surface area (Å²) < 4.78 is -0.296. The van der Waals surface area contributed by atoms with Gasteiger partial charge in [-0.1, -0.05) is 23.8 Å². The molecule has 0 spiro atoms. The molecular weight excluding hydrogens is 280 g/mol. The highest BCUT2D eigenvalue weighted by atomic mass is 32.2. The van der Waals surface area contributed by atoms with E-state index in [4.69, 9.17) is 0 Å². The van der Waals surface area contributed by atoms with Gasteiger partial charge < -0.3 is 4.90 Å². The van der Waals surface area contributed by atoms with E-state index in [0.29, 0.717) is 19.5 Å². The van der Waals surface area contributed by atoms with E-state index in [1.165, 1.54) is 11.1 Å². The molecule has 0 N–H and O–H groups in total. The fourth-order valence-corrected chi connectivity index (χ4v) is 3.43. The number of aryl methyl sites for hydroxylation is 2. The van der Waals surface area contributed by atoms with Gasteiger partial charge in [0.15, 0.2) is 0 Å². The van der Waals surface area contributed by atoms with Crippen molar-refractivity contribution >= 4 is 17.7 Å². The van der Waals surface area contributed by atoms with Crippen molar-refractivity contribution in [2.24, 2.45) is 0 Å². The Hall–Kier alpha value is -1.47. The van der Waals surface area contributed by atoms with Crippen LogP contribution in [0.4, 0.5) is 0 Å². The van der Waals surface area contributed by atoms with Gasteiger partial charge in [-0.25, -0.2) is 0 Å². The number of hydrogen-bond acceptors (Lipinski definition) is 3. The highest BCUT2D eigenvalue weighted by molar-refractivity contribution is 8.00. The van der Waals surface area contributed by atoms with Crippen molar-refractivity contribution < 1.29 is 4.79 Å². The first-order valence-corrected chi connectivity index (χ1v) is 8.52. The predicted octanol–water partition coefficient (Wildman–Crippen LogP) is 3.09. The minimum Gasteiger partial charge on any atom is -0.342 e. The van der Waals surface area contributed by atoms with E-state index in [2.05, 4.69) is 24.3 Å². The molecule has 4 heteroatoms. The molecule has 0 saturated carbocycles. The van der Waals surface area contributed by atoms with E-state index < -0.39 is 0 Å². The van der Waals surface area contributed by atoms with Crippen molar-refractivity contribution in [1.29, 1.82) is 5.26 Å². The Bertz CT molecular complexity index is 569. The number of thioether (sulfide) groups is 1. The number of nitriles is 1. The summed E-state index contributed by atoms with van der Waals surface area (Å²) in [5.41, 5.74) is 3.47. The molecule has 21 heavy (non-hydrogen) atoms. The molecule has 1 aliphatic heterocycles. The summed E-state index contributed by atoms with van der Waals surface area (Å²) in [6, 6.07) is 8.66. The van der Waals surface area contributed by atoms with Crippen LogP contribution in [0.15, 0.2) is 18.2 Å². The normalized spacial score (nSPS) is 17.3. The third kappa shape index (κ3) is 3.59. The van der Waals surface area contributed by atoms with Crippen molar-refractivity contribution in [3.8, 4) is 6.07 Å². The molecule has 0 bridgehead atoms. The Balaban J connectivity index is 2.00. The third-order valence-electron chi connectivity index (χ3n) is 4.36. The standard InChI is InChI=1S/C17H22N2OS/c1-13-4-5-14(2)15(10-13)11-16(20)19-8-6-17(12-18,21-3)7-9-19/h4-5,10H,6-9,11H2,1-3H3. The lowest BCUT2D eigenvalue weighted by Crippen LogP contribution is -2.45. The Morgan fingerprint density at radius 1 is 1.38 bits per heavy atom. The average Bonchev–Trinajstić information content (AvgIpc) is 2.51. The predicted molar refractivity (Wildman–Crippen MR) is 87.3 cm³/mol. The van der Waals surface area contributed by atoms with Crippen LogP contribution in [0.25, 0.3) is 0 Å². The zero-order chi connectivity index (χ0) is 15.5. The van der Waals surface area contributed by atoms with Crippen LogP contribution >= 0.6 is 11.8 Å². The van der Waals surface area contributed by atoms with E-state index in [9.17, 15) is 10.1 Å². The van der Waals surface area contributed by atoms with E-state index in [1.54, 1.807) is 11.8 Å². The summed E-state index contributed by atoms with van der Waals surface area (Å²) in [5, 5.41) is 9.29. The van der Waals surface area contributed by atoms with Crippen LogP contribution in [-0.2, 0) is 11.2 Å². The van der Waals surface area contributed by atoms with Crippen LogP contribution in [0.2, 0.25) is 0 Å². The number of rotatable bonds is 3. The lowest BCUT2D eigenvalue weighted by atomic mass is 9.96. The Morgan fingerprint density at radius 3 is 2.62 bits per heavy atom. The van der Waals surface area contributed by atoms with E-state index in [0.717, 1.165) is 18.4 Å². The molecule has 112 valence electrons. The highest BCUT2D eigenvalue weighted by Gasteiger charge is 2.35. The van der Waals surface area contributed by atoms with Gasteiger partial charge in [0.05, 0.1) is 12.5 Å². The van der Waals surface area contributed by atoms with E-state index >= 15 is 0 Å². The van der Waals surface area contributed by atoms with E-state index in [-0.39, 0.29) is 10.7 Å². The molecule has 1 aromatic rings. The number of hydrogen-bond donors (Lipinski definition) is 0. The highest BCUT2D eigenvalue weighted by Crippen LogP contribution is 2.33. The van der Waals surface area contributed by atoms with Crippen LogP contribution in [-0.4, -0.2) is 34.9 Å². The van der Waals surface area contributed by atoms with Gasteiger partial charge in [0.2, 0.25) is 5.91 Å². The molecule has 1 heterocycles. The van der Waals surface area contributed by atoms with Crippen molar-refractivity contribution in [3.63, 3.8) is 0 Å². The number of likely N-dealkylation sites (tertiary alicyclic amines) is 1. The molecule has 2 rings (SSSR count). The van der Waals surface area contributed by atoms with Crippen LogP contribution in [0.5, 0.6) is 0 Å². The second-order valence-corrected chi connectivity index (χ2v) is 6.99. The maximum absolute atomic E-state index is 12.5. The summed E-state index contributed by atoms with van der Waals surface area (Å²) in [6.45, 7) is 5.48. The summed E-state index contributed by atoms with van der Waals surface area (Å²) in [5.74, 6) is 0.177. The molecule has 1 aliphatic rings. The van der Waals surface area contributed by atoms with Crippen molar-refractivity contribution in [2.45, 2.75) is 37.9 Å². The van der Waals surface area contributed by atoms with Crippen LogP contribution in [0, 0.1) is 25.2 Å². The smallest absolute Gasteiger partial charge is 0.227 e. The first kappa shape index (κ1) is 15.9. The topological polar surface area (TPSA) is 44.1 Å². The number of carbonyl (C=O) groups excluding carboxylic acids is 1. The number of amides is 1. The number of carbonyl (C=O) groups is 1. The van der Waals surface area contributed by atoms with Gasteiger partial charge in [0.25, 0.3) is 0 Å². The quantitative estimate of drug-likeness (QED) is 0.862. The Labute approximate surface area is 131 Å². The molecule has 0 radical (unpaired) electrons. The third-order valence-corrected chi connectivity index (χ3v) is 5.65. The van der Waals surface area contributed by atoms with Gasteiger partial charge >= 0.3 is 0 Å². The molecule has 3 nitrogen and oxygen atoms in total. The van der Waals surface area contributed by atoms with Gasteiger partial charge in [-0.2, -0.15) is 5.26 Å². The summed E-state index contributed by atoms with van der Waals surface area (Å²) in [7, 11) is 0. The lowest BCUT2D eigenvalue weighted by molar-refractivity contribution is -0.131. The molecule has 1 saturated heterocycles. The maximum atomic E-state index is 12.5. The zero-order valence-corrected chi connectivity index (χ0v) is 13.8. The molecule has 1 aromatic carbocycles. The summed E-state index contributed by atoms with van der Waals surface area (Å²) in [4.78, 5) is 14.4. The van der Waals surface area contributed by atoms with Gasteiger partial charge in [-0.3, -0.25) is 4.79 Å². The molecule has 0 unspecified atom stereocenters. The Morgan fingerprint density at radius 2 is 2.05 bits per heavy atom. The second kappa shape index (κ2) is 6.53. The van der Waals surface area contributed by atoms with Crippen molar-refractivity contribution in [1.82, 2.24) is 4.90 Å². The number of benzene rings is 1. The SMILES string of the molecule is CSC1(C#N)CCN(C(=O)Cc2cc(C)ccc2C)CC1. The van der Waals surface area contributed by atoms with Gasteiger partial charge in [-0.15, -0.1) is 11.8 Å². The first-order chi connectivity index (χ1) is 9.99. The van der Waals surface area contributed by atoms with E-state index in [1.807, 2.05) is 25.0 Å². The molecular formula is C17H22N2OS. The van der Waals surface area contributed by atoms with Crippen LogP contribution < -0.4 is 0 Å². The summed E-state index contributed by atoms with van der Waals surface area (Å²) >= 11 is 1.62. The average molecular weight is 302 g/mol. The minimum absolute atomic E-state index is 0.177. The fraction of sp³-hybridized carbons (Fsp3) is 0.529. The van der Waals surface area contributed by atoms with Gasteiger partial charge in [0, 0.05) is 13.1 Å². The summed E-state index contributed by atoms with van der Waals surface area (Å²) in [6.07, 6.45) is 3.98.